The molecule has 0 bridgehead atoms. The minimum atomic E-state index is -3.91. The van der Waals surface area contributed by atoms with Crippen LogP contribution in [0.15, 0.2) is 83.8 Å². The summed E-state index contributed by atoms with van der Waals surface area (Å²) in [6.07, 6.45) is 3.23. The van der Waals surface area contributed by atoms with Crippen molar-refractivity contribution in [1.29, 1.82) is 0 Å². The summed E-state index contributed by atoms with van der Waals surface area (Å²) >= 11 is 0. The summed E-state index contributed by atoms with van der Waals surface area (Å²) in [6, 6.07) is 20.3. The first kappa shape index (κ1) is 19.6. The first-order chi connectivity index (χ1) is 13.3. The van der Waals surface area contributed by atoms with E-state index in [1.54, 1.807) is 30.3 Å². The van der Waals surface area contributed by atoms with Crippen LogP contribution in [0.5, 0.6) is 5.75 Å². The fourth-order valence-corrected chi connectivity index (χ4v) is 3.43. The van der Waals surface area contributed by atoms with Crippen LogP contribution >= 0.6 is 0 Å². The van der Waals surface area contributed by atoms with Crippen molar-refractivity contribution in [2.24, 2.45) is 0 Å². The van der Waals surface area contributed by atoms with E-state index in [0.29, 0.717) is 5.56 Å². The van der Waals surface area contributed by atoms with Crippen LogP contribution in [-0.2, 0) is 10.1 Å². The molecule has 0 heterocycles. The highest BCUT2D eigenvalue weighted by Crippen LogP contribution is 2.20. The van der Waals surface area contributed by atoms with E-state index < -0.39 is 10.1 Å². The van der Waals surface area contributed by atoms with Gasteiger partial charge in [-0.15, -0.1) is 0 Å². The van der Waals surface area contributed by atoms with E-state index in [1.807, 2.05) is 38.1 Å². The van der Waals surface area contributed by atoms with Crippen LogP contribution in [-0.4, -0.2) is 14.2 Å². The standard InChI is InChI=1S/C23H20O4S/c1-17-3-7-19(8-4-17)9-16-23(24)20-10-12-21(13-11-20)27-28(25,26)22-14-5-18(2)6-15-22/h3-16H,1-2H3/b16-9+. The zero-order valence-corrected chi connectivity index (χ0v) is 16.4. The van der Waals surface area contributed by atoms with Crippen LogP contribution in [0.25, 0.3) is 6.08 Å². The van der Waals surface area contributed by atoms with Crippen LogP contribution in [0.2, 0.25) is 0 Å². The van der Waals surface area contributed by atoms with Crippen LogP contribution in [0.1, 0.15) is 27.0 Å². The first-order valence-electron chi connectivity index (χ1n) is 8.74. The molecule has 0 spiro atoms. The van der Waals surface area contributed by atoms with Crippen molar-refractivity contribution in [3.05, 3.63) is 101 Å². The Hall–Kier alpha value is -3.18. The number of carbonyl (C=O) groups excluding carboxylic acids is 1. The molecule has 0 aliphatic carbocycles. The number of aryl methyl sites for hydroxylation is 2. The predicted molar refractivity (Wildman–Crippen MR) is 110 cm³/mol. The van der Waals surface area contributed by atoms with Gasteiger partial charge in [0.1, 0.15) is 10.6 Å². The second-order valence-electron chi connectivity index (χ2n) is 6.48. The van der Waals surface area contributed by atoms with Crippen LogP contribution in [0.4, 0.5) is 0 Å². The van der Waals surface area contributed by atoms with E-state index in [-0.39, 0.29) is 16.4 Å². The molecule has 0 saturated heterocycles. The van der Waals surface area contributed by atoms with Crippen LogP contribution < -0.4 is 4.18 Å². The molecule has 0 amide bonds. The minimum absolute atomic E-state index is 0.0827. The highest BCUT2D eigenvalue weighted by Gasteiger charge is 2.16. The van der Waals surface area contributed by atoms with Gasteiger partial charge in [-0.3, -0.25) is 4.79 Å². The number of ketones is 1. The van der Waals surface area contributed by atoms with Crippen molar-refractivity contribution in [3.8, 4) is 5.75 Å². The van der Waals surface area contributed by atoms with E-state index in [4.69, 9.17) is 4.18 Å². The Morgan fingerprint density at radius 2 is 1.32 bits per heavy atom. The SMILES string of the molecule is Cc1ccc(/C=C/C(=O)c2ccc(OS(=O)(=O)c3ccc(C)cc3)cc2)cc1. The van der Waals surface area contributed by atoms with Crippen LogP contribution in [0.3, 0.4) is 0 Å². The maximum atomic E-state index is 12.3. The second-order valence-corrected chi connectivity index (χ2v) is 8.03. The summed E-state index contributed by atoms with van der Waals surface area (Å²) in [5.74, 6) is -0.0202. The second kappa shape index (κ2) is 8.23. The molecular formula is C23H20O4S. The van der Waals surface area contributed by atoms with E-state index in [0.717, 1.165) is 16.7 Å². The Morgan fingerprint density at radius 3 is 1.89 bits per heavy atom. The van der Waals surface area contributed by atoms with Gasteiger partial charge >= 0.3 is 10.1 Å². The van der Waals surface area contributed by atoms with Gasteiger partial charge < -0.3 is 4.18 Å². The summed E-state index contributed by atoms with van der Waals surface area (Å²) in [5.41, 5.74) is 3.49. The third kappa shape index (κ3) is 4.96. The third-order valence-electron chi connectivity index (χ3n) is 4.16. The maximum absolute atomic E-state index is 12.3. The van der Waals surface area contributed by atoms with Gasteiger partial charge in [-0.05, 0) is 61.9 Å². The summed E-state index contributed by atoms with van der Waals surface area (Å²) < 4.78 is 29.8. The molecule has 0 saturated carbocycles. The van der Waals surface area contributed by atoms with Gasteiger partial charge in [0.05, 0.1) is 0 Å². The fourth-order valence-electron chi connectivity index (χ4n) is 2.50. The molecule has 0 N–H and O–H groups in total. The Kier molecular flexibility index (Phi) is 5.76. The largest absolute Gasteiger partial charge is 0.379 e. The van der Waals surface area contributed by atoms with Crippen molar-refractivity contribution < 1.29 is 17.4 Å². The smallest absolute Gasteiger partial charge is 0.339 e. The highest BCUT2D eigenvalue weighted by molar-refractivity contribution is 7.87. The van der Waals surface area contributed by atoms with Crippen molar-refractivity contribution in [1.82, 2.24) is 0 Å². The molecular weight excluding hydrogens is 372 g/mol. The zero-order chi connectivity index (χ0) is 20.1. The molecule has 0 fully saturated rings. The Balaban J connectivity index is 1.69. The van der Waals surface area contributed by atoms with E-state index >= 15 is 0 Å². The molecule has 3 aromatic rings. The first-order valence-corrected chi connectivity index (χ1v) is 10.1. The molecule has 0 atom stereocenters. The monoisotopic (exact) mass is 392 g/mol. The van der Waals surface area contributed by atoms with Crippen molar-refractivity contribution >= 4 is 22.0 Å². The Labute approximate surface area is 165 Å². The molecule has 0 unspecified atom stereocenters. The number of hydrogen-bond donors (Lipinski definition) is 0. The lowest BCUT2D eigenvalue weighted by atomic mass is 10.1. The van der Waals surface area contributed by atoms with E-state index in [1.165, 1.54) is 30.3 Å². The molecule has 3 aromatic carbocycles. The molecule has 0 aliphatic heterocycles. The topological polar surface area (TPSA) is 60.4 Å². The number of carbonyl (C=O) groups is 1. The van der Waals surface area contributed by atoms with Gasteiger partial charge in [-0.2, -0.15) is 8.42 Å². The molecule has 142 valence electrons. The Morgan fingerprint density at radius 1 is 0.786 bits per heavy atom. The average Bonchev–Trinajstić information content (AvgIpc) is 2.68. The number of benzene rings is 3. The van der Waals surface area contributed by atoms with Gasteiger partial charge in [0.25, 0.3) is 0 Å². The van der Waals surface area contributed by atoms with Gasteiger partial charge in [-0.1, -0.05) is 53.6 Å². The van der Waals surface area contributed by atoms with Crippen molar-refractivity contribution in [2.75, 3.05) is 0 Å². The molecule has 0 aromatic heterocycles. The lowest BCUT2D eigenvalue weighted by Crippen LogP contribution is -2.09. The average molecular weight is 392 g/mol. The van der Waals surface area contributed by atoms with Gasteiger partial charge in [0.15, 0.2) is 5.78 Å². The van der Waals surface area contributed by atoms with Gasteiger partial charge in [-0.25, -0.2) is 0 Å². The molecule has 3 rings (SSSR count). The number of rotatable bonds is 6. The Bertz CT molecular complexity index is 1090. The summed E-state index contributed by atoms with van der Waals surface area (Å²) in [6.45, 7) is 3.88. The number of hydrogen-bond acceptors (Lipinski definition) is 4. The molecule has 5 heteroatoms. The highest BCUT2D eigenvalue weighted by atomic mass is 32.2. The normalized spacial score (nSPS) is 11.5. The quantitative estimate of drug-likeness (QED) is 0.338. The zero-order valence-electron chi connectivity index (χ0n) is 15.6. The van der Waals surface area contributed by atoms with E-state index in [2.05, 4.69) is 0 Å². The summed E-state index contributed by atoms with van der Waals surface area (Å²) in [5, 5.41) is 0. The lowest BCUT2D eigenvalue weighted by molar-refractivity contribution is 0.104. The number of allylic oxidation sites excluding steroid dienone is 1. The third-order valence-corrected chi connectivity index (χ3v) is 5.42. The van der Waals surface area contributed by atoms with Crippen molar-refractivity contribution in [3.63, 3.8) is 0 Å². The van der Waals surface area contributed by atoms with Gasteiger partial charge in [0.2, 0.25) is 0 Å². The molecule has 4 nitrogen and oxygen atoms in total. The van der Waals surface area contributed by atoms with Crippen LogP contribution in [0, 0.1) is 13.8 Å². The predicted octanol–water partition coefficient (Wildman–Crippen LogP) is 4.97. The molecule has 0 aliphatic rings. The maximum Gasteiger partial charge on any atom is 0.339 e. The summed E-state index contributed by atoms with van der Waals surface area (Å²) in [4.78, 5) is 12.4. The summed E-state index contributed by atoms with van der Waals surface area (Å²) in [7, 11) is -3.91. The molecule has 0 radical (unpaired) electrons. The molecule has 28 heavy (non-hydrogen) atoms. The lowest BCUT2D eigenvalue weighted by Gasteiger charge is -2.07. The minimum Gasteiger partial charge on any atom is -0.379 e. The van der Waals surface area contributed by atoms with Crippen molar-refractivity contribution in [2.45, 2.75) is 18.7 Å². The van der Waals surface area contributed by atoms with Gasteiger partial charge in [0, 0.05) is 5.56 Å². The fraction of sp³-hybridized carbons (Fsp3) is 0.0870. The van der Waals surface area contributed by atoms with E-state index in [9.17, 15) is 13.2 Å².